The van der Waals surface area contributed by atoms with Gasteiger partial charge in [0.25, 0.3) is 21.8 Å². The molecule has 15 nitrogen and oxygen atoms in total. The molecule has 5 aromatic rings. The molecule has 19 heteroatoms. The molecule has 1 atom stereocenters. The molecular formula is C32H28F3N7O8S. The van der Waals surface area contributed by atoms with Crippen LogP contribution in [0, 0.1) is 6.92 Å². The van der Waals surface area contributed by atoms with E-state index >= 15 is 0 Å². The van der Waals surface area contributed by atoms with Gasteiger partial charge in [-0.05, 0) is 62.2 Å². The molecule has 0 spiro atoms. The van der Waals surface area contributed by atoms with Crippen molar-refractivity contribution in [3.63, 3.8) is 0 Å². The van der Waals surface area contributed by atoms with Crippen molar-refractivity contribution in [3.8, 4) is 16.9 Å². The minimum Gasteiger partial charge on any atom is -0.447 e. The summed E-state index contributed by atoms with van der Waals surface area (Å²) in [6.07, 6.45) is -4.73. The maximum absolute atomic E-state index is 13.6. The van der Waals surface area contributed by atoms with Gasteiger partial charge in [0, 0.05) is 12.1 Å². The van der Waals surface area contributed by atoms with Gasteiger partial charge in [-0.2, -0.15) is 22.9 Å². The van der Waals surface area contributed by atoms with Crippen LogP contribution in [0.5, 0.6) is 0 Å². The third kappa shape index (κ3) is 6.66. The fourth-order valence-corrected chi connectivity index (χ4v) is 6.61. The van der Waals surface area contributed by atoms with E-state index in [0.717, 1.165) is 38.4 Å². The predicted molar refractivity (Wildman–Crippen MR) is 170 cm³/mol. The van der Waals surface area contributed by atoms with E-state index in [1.165, 1.54) is 17.1 Å². The van der Waals surface area contributed by atoms with Crippen molar-refractivity contribution >= 4 is 27.9 Å². The lowest BCUT2D eigenvalue weighted by atomic mass is 10.1. The Morgan fingerprint density at radius 1 is 1.00 bits per heavy atom. The highest BCUT2D eigenvalue weighted by Gasteiger charge is 2.38. The van der Waals surface area contributed by atoms with Crippen molar-refractivity contribution in [3.05, 3.63) is 101 Å². The average molecular weight is 728 g/mol. The Labute approximate surface area is 287 Å². The summed E-state index contributed by atoms with van der Waals surface area (Å²) in [5.74, 6) is -1.00. The second-order valence-electron chi connectivity index (χ2n) is 11.8. The monoisotopic (exact) mass is 727 g/mol. The lowest BCUT2D eigenvalue weighted by Gasteiger charge is -2.20. The van der Waals surface area contributed by atoms with E-state index in [1.807, 2.05) is 11.6 Å². The number of carbonyl (C=O) groups is 3. The third-order valence-electron chi connectivity index (χ3n) is 8.36. The fourth-order valence-electron chi connectivity index (χ4n) is 5.72. The largest absolute Gasteiger partial charge is 0.447 e. The van der Waals surface area contributed by atoms with Crippen LogP contribution in [0.25, 0.3) is 16.9 Å². The topological polar surface area (TPSA) is 163 Å². The van der Waals surface area contributed by atoms with E-state index < -0.39 is 52.6 Å². The molecule has 266 valence electrons. The number of aromatic nitrogens is 4. The molecule has 7 rings (SSSR count). The van der Waals surface area contributed by atoms with Crippen LogP contribution in [0.15, 0.2) is 88.4 Å². The minimum absolute atomic E-state index is 0.144. The minimum atomic E-state index is -4.71. The molecule has 0 radical (unpaired) electrons. The first-order valence-corrected chi connectivity index (χ1v) is 17.0. The zero-order chi connectivity index (χ0) is 36.1. The standard InChI is InChI=1S/C32H28F3N7O8S/c1-20-8-10-21(11-9-20)27-17-28(32(33,34)35)36-40(27)22-12-14-24(15-13-22)51(46,47)37-31(45)48-18-23-5-4-16-39(23)41-42(50-41)49-19-38-29(43)25-6-2-3-7-26(25)30(38)44/h2-3,6-15,17,23H,4-5,16,18-19H2,1H3,(H,37,45). The Hall–Kier alpha value is -5.98. The summed E-state index contributed by atoms with van der Waals surface area (Å²) in [5.41, 5.74) is 1.10. The maximum Gasteiger partial charge on any atom is 0.435 e. The molecule has 2 aromatic heterocycles. The predicted octanol–water partition coefficient (Wildman–Crippen LogP) is 3.96. The second-order valence-corrected chi connectivity index (χ2v) is 13.4. The van der Waals surface area contributed by atoms with Gasteiger partial charge in [-0.15, -0.1) is 0 Å². The second kappa shape index (κ2) is 12.7. The number of rotatable bonds is 10. The van der Waals surface area contributed by atoms with Crippen LogP contribution in [0.3, 0.4) is 0 Å². The number of alkyl halides is 3. The highest BCUT2D eigenvalue weighted by atomic mass is 32.2. The first-order valence-electron chi connectivity index (χ1n) is 15.5. The van der Waals surface area contributed by atoms with Crippen LogP contribution in [-0.4, -0.2) is 76.9 Å². The Kier molecular flexibility index (Phi) is 8.36. The van der Waals surface area contributed by atoms with Gasteiger partial charge in [0.15, 0.2) is 5.69 Å². The summed E-state index contributed by atoms with van der Waals surface area (Å²) >= 11 is 0. The molecule has 3 aromatic carbocycles. The van der Waals surface area contributed by atoms with E-state index in [1.54, 1.807) is 53.5 Å². The van der Waals surface area contributed by atoms with Crippen LogP contribution in [0.1, 0.15) is 44.8 Å². The lowest BCUT2D eigenvalue weighted by molar-refractivity contribution is -0.141. The van der Waals surface area contributed by atoms with Gasteiger partial charge >= 0.3 is 12.3 Å². The zero-order valence-electron chi connectivity index (χ0n) is 26.6. The summed E-state index contributed by atoms with van der Waals surface area (Å²) in [5, 5.41) is 6.33. The molecular weight excluding hydrogens is 699 g/mol. The number of imide groups is 1. The summed E-state index contributed by atoms with van der Waals surface area (Å²) < 4.78 is 80.0. The number of halogens is 3. The number of aryl methyl sites for hydroxylation is 1. The Bertz CT molecular complexity index is 2180. The Morgan fingerprint density at radius 2 is 1.67 bits per heavy atom. The van der Waals surface area contributed by atoms with Gasteiger partial charge in [-0.25, -0.2) is 27.5 Å². The van der Waals surface area contributed by atoms with E-state index in [-0.39, 0.29) is 34.0 Å². The van der Waals surface area contributed by atoms with Crippen molar-refractivity contribution in [2.75, 3.05) is 24.9 Å². The van der Waals surface area contributed by atoms with Crippen molar-refractivity contribution in [2.24, 2.45) is 0 Å². The normalized spacial score (nSPS) is 16.2. The van der Waals surface area contributed by atoms with E-state index in [0.29, 0.717) is 24.9 Å². The number of hydrogen-bond acceptors (Lipinski definition) is 10. The summed E-state index contributed by atoms with van der Waals surface area (Å²) in [7, 11) is -4.43. The van der Waals surface area contributed by atoms with Gasteiger partial charge in [0.1, 0.15) is 11.6 Å². The van der Waals surface area contributed by atoms with E-state index in [2.05, 4.69) is 5.10 Å². The molecule has 2 aliphatic rings. The molecule has 0 aliphatic carbocycles. The van der Waals surface area contributed by atoms with E-state index in [4.69, 9.17) is 14.2 Å². The molecule has 2 aliphatic heterocycles. The van der Waals surface area contributed by atoms with Gasteiger partial charge in [0.2, 0.25) is 6.73 Å². The van der Waals surface area contributed by atoms with Gasteiger partial charge in [0.05, 0.1) is 38.4 Å². The fraction of sp³-hybridized carbons (Fsp3) is 0.250. The number of benzene rings is 3. The smallest absolute Gasteiger partial charge is 0.435 e. The third-order valence-corrected chi connectivity index (χ3v) is 9.69. The van der Waals surface area contributed by atoms with Crippen LogP contribution in [-0.2, 0) is 20.9 Å². The quantitative estimate of drug-likeness (QED) is 0.209. The molecule has 0 bridgehead atoms. The van der Waals surface area contributed by atoms with Crippen molar-refractivity contribution in [1.29, 1.82) is 0 Å². The van der Waals surface area contributed by atoms with Crippen molar-refractivity contribution in [1.82, 2.24) is 29.4 Å². The Balaban J connectivity index is 0.951. The SMILES string of the molecule is Cc1ccc(-c2cc(C(F)(F)F)nn2-c2ccc(S(=O)(=O)NC(=O)OCC3CCCN3n3on3OCN3C(=O)c4ccccc4C3=O)cc2)cc1. The molecule has 1 fully saturated rings. The van der Waals surface area contributed by atoms with Gasteiger partial charge in [-0.1, -0.05) is 42.0 Å². The number of amides is 3. The number of sulfonamides is 1. The summed E-state index contributed by atoms with van der Waals surface area (Å²) in [4.78, 5) is 44.9. The first kappa shape index (κ1) is 33.5. The molecule has 0 saturated carbocycles. The van der Waals surface area contributed by atoms with Crippen LogP contribution >= 0.6 is 0 Å². The average Bonchev–Trinajstić information content (AvgIpc) is 3.39. The maximum atomic E-state index is 13.6. The number of fused-ring (bicyclic) bond motifs is 1. The molecule has 1 saturated heterocycles. The van der Waals surface area contributed by atoms with Crippen molar-refractivity contribution in [2.45, 2.75) is 36.9 Å². The number of hydrogen-bond donors (Lipinski definition) is 1. The van der Waals surface area contributed by atoms with Crippen LogP contribution in [0.4, 0.5) is 18.0 Å². The van der Waals surface area contributed by atoms with Crippen molar-refractivity contribution < 1.29 is 50.2 Å². The molecule has 51 heavy (non-hydrogen) atoms. The lowest BCUT2D eigenvalue weighted by Crippen LogP contribution is -2.43. The highest BCUT2D eigenvalue weighted by Crippen LogP contribution is 2.33. The number of nitrogens with zero attached hydrogens (tertiary/aromatic N) is 6. The summed E-state index contributed by atoms with van der Waals surface area (Å²) in [6, 6.07) is 18.5. The zero-order valence-corrected chi connectivity index (χ0v) is 27.4. The molecule has 1 N–H and O–H groups in total. The van der Waals surface area contributed by atoms with Gasteiger partial charge in [-0.3, -0.25) is 14.6 Å². The number of carbonyl (C=O) groups excluding carboxylic acids is 3. The summed E-state index contributed by atoms with van der Waals surface area (Å²) in [6.45, 7) is 1.67. The number of nitrogens with one attached hydrogen (secondary N) is 1. The molecule has 3 amide bonds. The highest BCUT2D eigenvalue weighted by molar-refractivity contribution is 7.90. The molecule has 4 heterocycles. The number of ether oxygens (including phenoxy) is 1. The Morgan fingerprint density at radius 3 is 2.31 bits per heavy atom. The van der Waals surface area contributed by atoms with E-state index in [9.17, 15) is 36.0 Å². The van der Waals surface area contributed by atoms with Crippen LogP contribution in [0.2, 0.25) is 0 Å². The van der Waals surface area contributed by atoms with Gasteiger partial charge < -0.3 is 9.57 Å². The van der Waals surface area contributed by atoms with Crippen LogP contribution < -0.4 is 14.6 Å². The molecule has 1 unspecified atom stereocenters. The first-order chi connectivity index (χ1) is 24.3.